The maximum atomic E-state index is 12.3. The zero-order valence-electron chi connectivity index (χ0n) is 13.4. The van der Waals surface area contributed by atoms with Crippen LogP contribution in [0, 0.1) is 0 Å². The van der Waals surface area contributed by atoms with Crippen LogP contribution in [0.3, 0.4) is 0 Å². The monoisotopic (exact) mass is 294 g/mol. The summed E-state index contributed by atoms with van der Waals surface area (Å²) in [5.74, 6) is -0.311. The van der Waals surface area contributed by atoms with Crippen LogP contribution in [-0.2, 0) is 9.53 Å². The van der Waals surface area contributed by atoms with E-state index in [1.807, 2.05) is 81.4 Å². The molecule has 0 aromatic heterocycles. The van der Waals surface area contributed by atoms with Gasteiger partial charge in [0.05, 0.1) is 0 Å². The second-order valence-electron chi connectivity index (χ2n) is 5.82. The number of hydrogen-bond acceptors (Lipinski definition) is 2. The van der Waals surface area contributed by atoms with Crippen molar-refractivity contribution in [2.24, 2.45) is 0 Å². The predicted molar refractivity (Wildman–Crippen MR) is 90.4 cm³/mol. The molecule has 22 heavy (non-hydrogen) atoms. The summed E-state index contributed by atoms with van der Waals surface area (Å²) in [5.41, 5.74) is 2.42. The van der Waals surface area contributed by atoms with Crippen molar-refractivity contribution in [3.8, 4) is 0 Å². The van der Waals surface area contributed by atoms with E-state index in [1.54, 1.807) is 6.08 Å². The summed E-state index contributed by atoms with van der Waals surface area (Å²) in [7, 11) is 0. The Morgan fingerprint density at radius 1 is 0.955 bits per heavy atom. The van der Waals surface area contributed by atoms with Crippen molar-refractivity contribution in [3.05, 3.63) is 77.9 Å². The van der Waals surface area contributed by atoms with Gasteiger partial charge >= 0.3 is 5.97 Å². The first-order valence-electron chi connectivity index (χ1n) is 7.57. The van der Waals surface area contributed by atoms with Gasteiger partial charge < -0.3 is 4.74 Å². The highest BCUT2D eigenvalue weighted by molar-refractivity contribution is 5.96. The lowest BCUT2D eigenvalue weighted by Crippen LogP contribution is -2.26. The Kier molecular flexibility index (Phi) is 5.16. The van der Waals surface area contributed by atoms with Gasteiger partial charge in [0.2, 0.25) is 0 Å². The Balaban J connectivity index is 2.37. The minimum absolute atomic E-state index is 0.311. The van der Waals surface area contributed by atoms with Crippen LogP contribution in [0.2, 0.25) is 0 Å². The van der Waals surface area contributed by atoms with E-state index in [2.05, 4.69) is 0 Å². The van der Waals surface area contributed by atoms with Crippen molar-refractivity contribution in [2.75, 3.05) is 0 Å². The first kappa shape index (κ1) is 16.0. The average Bonchev–Trinajstić information content (AvgIpc) is 2.54. The molecule has 0 saturated heterocycles. The standard InChI is InChI=1S/C20H22O2/c1-4-20(2,3)22-19(21)15-18(16-11-7-5-8-12-16)17-13-9-6-10-14-17/h5-15H,4H2,1-3H3. The summed E-state index contributed by atoms with van der Waals surface area (Å²) >= 11 is 0. The number of rotatable bonds is 5. The van der Waals surface area contributed by atoms with E-state index in [4.69, 9.17) is 4.74 Å². The van der Waals surface area contributed by atoms with Crippen LogP contribution in [-0.4, -0.2) is 11.6 Å². The highest BCUT2D eigenvalue weighted by Crippen LogP contribution is 2.24. The molecule has 0 N–H and O–H groups in total. The summed E-state index contributed by atoms with van der Waals surface area (Å²) in [4.78, 5) is 12.3. The molecule has 2 aromatic carbocycles. The van der Waals surface area contributed by atoms with Crippen molar-refractivity contribution < 1.29 is 9.53 Å². The van der Waals surface area contributed by atoms with E-state index >= 15 is 0 Å². The number of hydrogen-bond donors (Lipinski definition) is 0. The van der Waals surface area contributed by atoms with Gasteiger partial charge in [-0.05, 0) is 37.0 Å². The molecule has 2 aromatic rings. The largest absolute Gasteiger partial charge is 0.457 e. The SMILES string of the molecule is CCC(C)(C)OC(=O)C=C(c1ccccc1)c1ccccc1. The molecule has 0 aliphatic rings. The van der Waals surface area contributed by atoms with Gasteiger partial charge in [0, 0.05) is 6.08 Å². The number of esters is 1. The van der Waals surface area contributed by atoms with E-state index in [1.165, 1.54) is 0 Å². The first-order chi connectivity index (χ1) is 10.5. The summed E-state index contributed by atoms with van der Waals surface area (Å²) < 4.78 is 5.55. The molecule has 0 amide bonds. The van der Waals surface area contributed by atoms with Gasteiger partial charge in [0.1, 0.15) is 5.60 Å². The van der Waals surface area contributed by atoms with Crippen LogP contribution in [0.4, 0.5) is 0 Å². The molecule has 0 unspecified atom stereocenters. The van der Waals surface area contributed by atoms with Crippen LogP contribution in [0.1, 0.15) is 38.3 Å². The molecular weight excluding hydrogens is 272 g/mol. The van der Waals surface area contributed by atoms with Crippen LogP contribution in [0.15, 0.2) is 66.7 Å². The number of ether oxygens (including phenoxy) is 1. The van der Waals surface area contributed by atoms with E-state index in [9.17, 15) is 4.79 Å². The third-order valence-electron chi connectivity index (χ3n) is 3.66. The summed E-state index contributed by atoms with van der Waals surface area (Å²) in [6, 6.07) is 19.8. The minimum Gasteiger partial charge on any atom is -0.457 e. The average molecular weight is 294 g/mol. The van der Waals surface area contributed by atoms with Gasteiger partial charge in [-0.25, -0.2) is 4.79 Å². The normalized spacial score (nSPS) is 10.9. The van der Waals surface area contributed by atoms with Crippen LogP contribution >= 0.6 is 0 Å². The summed E-state index contributed by atoms with van der Waals surface area (Å²) in [6.07, 6.45) is 2.36. The lowest BCUT2D eigenvalue weighted by atomic mass is 9.97. The predicted octanol–water partition coefficient (Wildman–Crippen LogP) is 4.85. The number of benzene rings is 2. The molecule has 2 heteroatoms. The fraction of sp³-hybridized carbons (Fsp3) is 0.250. The Labute approximate surface area is 132 Å². The van der Waals surface area contributed by atoms with Crippen molar-refractivity contribution in [1.82, 2.24) is 0 Å². The molecular formula is C20H22O2. The smallest absolute Gasteiger partial charge is 0.331 e. The quantitative estimate of drug-likeness (QED) is 0.582. The summed E-state index contributed by atoms with van der Waals surface area (Å²) in [5, 5.41) is 0. The maximum Gasteiger partial charge on any atom is 0.331 e. The van der Waals surface area contributed by atoms with Crippen molar-refractivity contribution >= 4 is 11.5 Å². The van der Waals surface area contributed by atoms with E-state index in [-0.39, 0.29) is 5.97 Å². The fourth-order valence-electron chi connectivity index (χ4n) is 2.06. The Bertz CT molecular complexity index is 598. The van der Waals surface area contributed by atoms with Gasteiger partial charge in [-0.2, -0.15) is 0 Å². The van der Waals surface area contributed by atoms with Crippen LogP contribution < -0.4 is 0 Å². The second kappa shape index (κ2) is 7.08. The molecule has 0 aliphatic heterocycles. The van der Waals surface area contributed by atoms with E-state index < -0.39 is 5.60 Å². The topological polar surface area (TPSA) is 26.3 Å². The van der Waals surface area contributed by atoms with Gasteiger partial charge in [-0.1, -0.05) is 67.6 Å². The lowest BCUT2D eigenvalue weighted by molar-refractivity contribution is -0.150. The zero-order valence-corrected chi connectivity index (χ0v) is 13.4. The van der Waals surface area contributed by atoms with E-state index in [0.29, 0.717) is 0 Å². The molecule has 0 fully saturated rings. The molecule has 2 nitrogen and oxygen atoms in total. The van der Waals surface area contributed by atoms with Crippen molar-refractivity contribution in [2.45, 2.75) is 32.8 Å². The summed E-state index contributed by atoms with van der Waals surface area (Å²) in [6.45, 7) is 5.85. The number of carbonyl (C=O) groups is 1. The minimum atomic E-state index is -0.452. The van der Waals surface area contributed by atoms with Crippen molar-refractivity contribution in [1.29, 1.82) is 0 Å². The highest BCUT2D eigenvalue weighted by atomic mass is 16.6. The molecule has 0 bridgehead atoms. The van der Waals surface area contributed by atoms with Gasteiger partial charge in [-0.3, -0.25) is 0 Å². The first-order valence-corrected chi connectivity index (χ1v) is 7.57. The molecule has 2 rings (SSSR count). The fourth-order valence-corrected chi connectivity index (χ4v) is 2.06. The third kappa shape index (κ3) is 4.32. The Hall–Kier alpha value is -2.35. The Morgan fingerprint density at radius 2 is 1.41 bits per heavy atom. The van der Waals surface area contributed by atoms with Gasteiger partial charge in [0.25, 0.3) is 0 Å². The Morgan fingerprint density at radius 3 is 1.82 bits per heavy atom. The van der Waals surface area contributed by atoms with Crippen molar-refractivity contribution in [3.63, 3.8) is 0 Å². The maximum absolute atomic E-state index is 12.3. The third-order valence-corrected chi connectivity index (χ3v) is 3.66. The molecule has 0 aliphatic carbocycles. The molecule has 0 heterocycles. The van der Waals surface area contributed by atoms with E-state index in [0.717, 1.165) is 23.1 Å². The molecule has 0 spiro atoms. The van der Waals surface area contributed by atoms with Gasteiger partial charge in [-0.15, -0.1) is 0 Å². The van der Waals surface area contributed by atoms with Crippen LogP contribution in [0.25, 0.3) is 5.57 Å². The van der Waals surface area contributed by atoms with Crippen LogP contribution in [0.5, 0.6) is 0 Å². The molecule has 0 saturated carbocycles. The lowest BCUT2D eigenvalue weighted by Gasteiger charge is -2.22. The number of carbonyl (C=O) groups excluding carboxylic acids is 1. The van der Waals surface area contributed by atoms with Gasteiger partial charge in [0.15, 0.2) is 0 Å². The molecule has 114 valence electrons. The highest BCUT2D eigenvalue weighted by Gasteiger charge is 2.20. The zero-order chi connectivity index (χ0) is 16.0. The molecule has 0 radical (unpaired) electrons. The second-order valence-corrected chi connectivity index (χ2v) is 5.82. The molecule has 0 atom stereocenters.